The molecule has 0 aromatic carbocycles. The molecule has 0 N–H and O–H groups in total. The van der Waals surface area contributed by atoms with Crippen molar-refractivity contribution in [1.82, 2.24) is 0 Å². The number of cyclic esters (lactones) is 1. The summed E-state index contributed by atoms with van der Waals surface area (Å²) >= 11 is 0. The van der Waals surface area contributed by atoms with Crippen LogP contribution in [-0.2, 0) is 28.6 Å². The number of methoxy groups -OCH3 is 1. The number of hydrogen-bond acceptors (Lipinski definition) is 6. The average molecular weight is 324 g/mol. The van der Waals surface area contributed by atoms with Crippen molar-refractivity contribution in [2.75, 3.05) is 13.7 Å². The first kappa shape index (κ1) is 16.3. The molecule has 0 spiro atoms. The van der Waals surface area contributed by atoms with E-state index in [-0.39, 0.29) is 49.2 Å². The van der Waals surface area contributed by atoms with Crippen LogP contribution < -0.4 is 0 Å². The van der Waals surface area contributed by atoms with Gasteiger partial charge in [0.1, 0.15) is 12.2 Å². The summed E-state index contributed by atoms with van der Waals surface area (Å²) in [6.07, 6.45) is 1.82. The van der Waals surface area contributed by atoms with Gasteiger partial charge in [-0.25, -0.2) is 0 Å². The maximum Gasteiger partial charge on any atom is 0.309 e. The lowest BCUT2D eigenvalue weighted by molar-refractivity contribution is -0.181. The van der Waals surface area contributed by atoms with E-state index < -0.39 is 16.4 Å². The Bertz CT molecular complexity index is 571. The summed E-state index contributed by atoms with van der Waals surface area (Å²) in [5.74, 6) is -1.16. The first-order valence-corrected chi connectivity index (χ1v) is 8.18. The number of fused-ring (bicyclic) bond motifs is 1. The summed E-state index contributed by atoms with van der Waals surface area (Å²) in [5.41, 5.74) is -2.11. The quantitative estimate of drug-likeness (QED) is 0.582. The van der Waals surface area contributed by atoms with Crippen LogP contribution in [0.15, 0.2) is 0 Å². The normalized spacial score (nSPS) is 45.6. The standard InChI is InChI=1S/C17H24O6/c1-10-5-6-17(15(3)9-22-14(20)11(15)2)16(10,7-12(18)21-4)8-13(19)23-17/h10-11H,5-9H2,1-4H3/t10-,11-,15-,16-,17-/m1/s1. The molecule has 2 heterocycles. The Morgan fingerprint density at radius 1 is 1.35 bits per heavy atom. The topological polar surface area (TPSA) is 78.9 Å². The van der Waals surface area contributed by atoms with Crippen molar-refractivity contribution in [2.24, 2.45) is 22.7 Å². The highest BCUT2D eigenvalue weighted by Gasteiger charge is 2.76. The number of carbonyl (C=O) groups is 3. The van der Waals surface area contributed by atoms with E-state index >= 15 is 0 Å². The molecule has 2 aliphatic heterocycles. The molecule has 2 saturated heterocycles. The second kappa shape index (κ2) is 4.95. The van der Waals surface area contributed by atoms with Gasteiger partial charge in [-0.15, -0.1) is 0 Å². The number of rotatable bonds is 3. The molecule has 1 saturated carbocycles. The van der Waals surface area contributed by atoms with Crippen LogP contribution in [0.2, 0.25) is 0 Å². The van der Waals surface area contributed by atoms with Crippen molar-refractivity contribution in [3.05, 3.63) is 0 Å². The second-order valence-corrected chi connectivity index (χ2v) is 7.57. The molecule has 0 bridgehead atoms. The van der Waals surface area contributed by atoms with Gasteiger partial charge in [-0.2, -0.15) is 0 Å². The summed E-state index contributed by atoms with van der Waals surface area (Å²) in [5, 5.41) is 0. The summed E-state index contributed by atoms with van der Waals surface area (Å²) in [6.45, 7) is 6.04. The molecule has 0 aromatic heterocycles. The molecule has 5 atom stereocenters. The number of hydrogen-bond donors (Lipinski definition) is 0. The van der Waals surface area contributed by atoms with Gasteiger partial charge in [0.05, 0.1) is 31.3 Å². The van der Waals surface area contributed by atoms with E-state index in [1.54, 1.807) is 0 Å². The maximum absolute atomic E-state index is 12.3. The van der Waals surface area contributed by atoms with E-state index in [0.29, 0.717) is 6.42 Å². The minimum absolute atomic E-state index is 0.132. The molecule has 6 nitrogen and oxygen atoms in total. The van der Waals surface area contributed by atoms with E-state index in [0.717, 1.165) is 6.42 Å². The minimum atomic E-state index is -0.851. The Hall–Kier alpha value is -1.59. The lowest BCUT2D eigenvalue weighted by atomic mass is 9.54. The van der Waals surface area contributed by atoms with E-state index in [4.69, 9.17) is 14.2 Å². The third-order valence-electron chi connectivity index (χ3n) is 6.86. The molecule has 128 valence electrons. The summed E-state index contributed by atoms with van der Waals surface area (Å²) < 4.78 is 16.1. The van der Waals surface area contributed by atoms with Gasteiger partial charge in [-0.05, 0) is 18.8 Å². The molecule has 0 amide bonds. The maximum atomic E-state index is 12.3. The smallest absolute Gasteiger partial charge is 0.309 e. The highest BCUT2D eigenvalue weighted by molar-refractivity contribution is 5.80. The van der Waals surface area contributed by atoms with E-state index in [9.17, 15) is 14.4 Å². The fourth-order valence-corrected chi connectivity index (χ4v) is 5.18. The summed E-state index contributed by atoms with van der Waals surface area (Å²) in [7, 11) is 1.35. The average Bonchev–Trinajstić information content (AvgIpc) is 3.05. The van der Waals surface area contributed by atoms with Crippen LogP contribution in [0.25, 0.3) is 0 Å². The van der Waals surface area contributed by atoms with E-state index in [2.05, 4.69) is 6.92 Å². The van der Waals surface area contributed by atoms with Crippen molar-refractivity contribution in [3.8, 4) is 0 Å². The molecule has 6 heteroatoms. The van der Waals surface area contributed by atoms with Gasteiger partial charge in [0.25, 0.3) is 0 Å². The van der Waals surface area contributed by atoms with Crippen LogP contribution in [0.3, 0.4) is 0 Å². The molecular weight excluding hydrogens is 300 g/mol. The lowest BCUT2D eigenvalue weighted by Gasteiger charge is -2.49. The van der Waals surface area contributed by atoms with Crippen molar-refractivity contribution in [3.63, 3.8) is 0 Å². The predicted octanol–water partition coefficient (Wildman–Crippen LogP) is 1.85. The summed E-state index contributed by atoms with van der Waals surface area (Å²) in [6, 6.07) is 0. The van der Waals surface area contributed by atoms with Gasteiger partial charge in [0.2, 0.25) is 0 Å². The van der Waals surface area contributed by atoms with Crippen LogP contribution >= 0.6 is 0 Å². The number of ether oxygens (including phenoxy) is 3. The van der Waals surface area contributed by atoms with Gasteiger partial charge >= 0.3 is 17.9 Å². The first-order valence-electron chi connectivity index (χ1n) is 8.18. The number of carbonyl (C=O) groups excluding carboxylic acids is 3. The van der Waals surface area contributed by atoms with Crippen LogP contribution in [-0.4, -0.2) is 37.2 Å². The minimum Gasteiger partial charge on any atom is -0.469 e. The lowest BCUT2D eigenvalue weighted by Crippen LogP contribution is -2.58. The van der Waals surface area contributed by atoms with Gasteiger partial charge in [0.15, 0.2) is 0 Å². The molecular formula is C17H24O6. The zero-order valence-electron chi connectivity index (χ0n) is 14.1. The third kappa shape index (κ3) is 1.83. The van der Waals surface area contributed by atoms with Crippen molar-refractivity contribution in [2.45, 2.75) is 52.1 Å². The van der Waals surface area contributed by atoms with Crippen molar-refractivity contribution < 1.29 is 28.6 Å². The van der Waals surface area contributed by atoms with Crippen LogP contribution in [0.4, 0.5) is 0 Å². The molecule has 0 radical (unpaired) electrons. The third-order valence-corrected chi connectivity index (χ3v) is 6.86. The molecule has 0 aromatic rings. The predicted molar refractivity (Wildman–Crippen MR) is 79.1 cm³/mol. The van der Waals surface area contributed by atoms with Crippen LogP contribution in [0.1, 0.15) is 46.5 Å². The van der Waals surface area contributed by atoms with Crippen molar-refractivity contribution >= 4 is 17.9 Å². The molecule has 23 heavy (non-hydrogen) atoms. The molecule has 3 aliphatic rings. The zero-order valence-corrected chi connectivity index (χ0v) is 14.1. The zero-order chi connectivity index (χ0) is 17.0. The van der Waals surface area contributed by atoms with Gasteiger partial charge < -0.3 is 14.2 Å². The van der Waals surface area contributed by atoms with E-state index in [1.165, 1.54) is 7.11 Å². The first-order chi connectivity index (χ1) is 10.7. The van der Waals surface area contributed by atoms with Gasteiger partial charge in [-0.1, -0.05) is 20.8 Å². The van der Waals surface area contributed by atoms with Crippen molar-refractivity contribution in [1.29, 1.82) is 0 Å². The fraction of sp³-hybridized carbons (Fsp3) is 0.824. The fourth-order valence-electron chi connectivity index (χ4n) is 5.18. The largest absolute Gasteiger partial charge is 0.469 e. The molecule has 3 fully saturated rings. The highest BCUT2D eigenvalue weighted by atomic mass is 16.6. The van der Waals surface area contributed by atoms with Crippen LogP contribution in [0.5, 0.6) is 0 Å². The molecule has 3 rings (SSSR count). The van der Waals surface area contributed by atoms with E-state index in [1.807, 2.05) is 13.8 Å². The Morgan fingerprint density at radius 3 is 2.61 bits per heavy atom. The second-order valence-electron chi connectivity index (χ2n) is 7.57. The Balaban J connectivity index is 2.12. The number of esters is 3. The molecule has 0 unspecified atom stereocenters. The molecule has 1 aliphatic carbocycles. The summed E-state index contributed by atoms with van der Waals surface area (Å²) in [4.78, 5) is 36.4. The highest BCUT2D eigenvalue weighted by Crippen LogP contribution is 2.69. The SMILES string of the molecule is COC(=O)C[C@]12CC(=O)O[C@@]1([C@]1(C)COC(=O)[C@H]1C)CC[C@H]2C. The Morgan fingerprint density at radius 2 is 2.04 bits per heavy atom. The van der Waals surface area contributed by atoms with Gasteiger partial charge in [0, 0.05) is 5.41 Å². The van der Waals surface area contributed by atoms with Gasteiger partial charge in [-0.3, -0.25) is 14.4 Å². The monoisotopic (exact) mass is 324 g/mol. The van der Waals surface area contributed by atoms with Crippen LogP contribution in [0, 0.1) is 22.7 Å². The Kier molecular flexibility index (Phi) is 3.50. The Labute approximate surface area is 135 Å².